The fraction of sp³-hybridized carbons (Fsp3) is 0.250. The maximum absolute atomic E-state index is 10.8. The Bertz CT molecular complexity index is 635. The molecule has 0 amide bonds. The molecule has 1 heterocycles. The lowest BCUT2D eigenvalue weighted by molar-refractivity contribution is 0.213. The van der Waals surface area contributed by atoms with Crippen molar-refractivity contribution >= 4 is 22.2 Å². The van der Waals surface area contributed by atoms with E-state index in [9.17, 15) is 9.11 Å². The molecule has 5 nitrogen and oxygen atoms in total. The highest BCUT2D eigenvalue weighted by atomic mass is 32.3. The summed E-state index contributed by atoms with van der Waals surface area (Å²) in [6, 6.07) is 16.6. The van der Waals surface area contributed by atoms with Crippen molar-refractivity contribution in [3.05, 3.63) is 54.6 Å². The van der Waals surface area contributed by atoms with Gasteiger partial charge in [-0.1, -0.05) is 41.1 Å². The van der Waals surface area contributed by atoms with E-state index in [1.165, 1.54) is 0 Å². The quantitative estimate of drug-likeness (QED) is 0.794. The number of aliphatic hydroxyl groups is 1. The molecule has 0 unspecified atom stereocenters. The first kappa shape index (κ1) is 15.2. The van der Waals surface area contributed by atoms with Crippen LogP contribution < -0.4 is 9.04 Å². The van der Waals surface area contributed by atoms with E-state index in [4.69, 9.17) is 9.84 Å². The molecule has 118 valence electrons. The SMILES string of the molecule is OCCC[C@H]1Oc2ccccc2N(c2ccccc2)S1(O)O. The topological polar surface area (TPSA) is 73.2 Å². The van der Waals surface area contributed by atoms with Crippen LogP contribution in [0.1, 0.15) is 12.8 Å². The molecule has 0 bridgehead atoms. The number of anilines is 2. The minimum Gasteiger partial charge on any atom is -0.467 e. The van der Waals surface area contributed by atoms with E-state index < -0.39 is 16.2 Å². The van der Waals surface area contributed by atoms with Crippen LogP contribution in [-0.2, 0) is 0 Å². The van der Waals surface area contributed by atoms with Gasteiger partial charge in [-0.15, -0.1) is 0 Å². The number of hydrogen-bond acceptors (Lipinski definition) is 5. The van der Waals surface area contributed by atoms with Gasteiger partial charge in [0.2, 0.25) is 5.44 Å². The van der Waals surface area contributed by atoms with Crippen LogP contribution in [0.25, 0.3) is 0 Å². The summed E-state index contributed by atoms with van der Waals surface area (Å²) in [4.78, 5) is 0. The molecule has 1 aliphatic heterocycles. The highest BCUT2D eigenvalue weighted by molar-refractivity contribution is 8.26. The van der Waals surface area contributed by atoms with Gasteiger partial charge in [0.25, 0.3) is 0 Å². The number of rotatable bonds is 4. The van der Waals surface area contributed by atoms with Gasteiger partial charge >= 0.3 is 0 Å². The van der Waals surface area contributed by atoms with Gasteiger partial charge in [0.15, 0.2) is 0 Å². The van der Waals surface area contributed by atoms with Gasteiger partial charge in [-0.05, 0) is 30.7 Å². The molecule has 0 fully saturated rings. The van der Waals surface area contributed by atoms with E-state index in [1.54, 1.807) is 10.4 Å². The molecule has 0 aliphatic carbocycles. The van der Waals surface area contributed by atoms with Gasteiger partial charge in [-0.25, -0.2) is 4.31 Å². The summed E-state index contributed by atoms with van der Waals surface area (Å²) in [5.74, 6) is 0.612. The summed E-state index contributed by atoms with van der Waals surface area (Å²) < 4.78 is 28.9. The largest absolute Gasteiger partial charge is 0.467 e. The predicted octanol–water partition coefficient (Wildman–Crippen LogP) is 3.98. The molecule has 0 radical (unpaired) electrons. The van der Waals surface area contributed by atoms with E-state index >= 15 is 0 Å². The standard InChI is InChI=1S/C16H19NO4S/c18-12-6-11-16-21-15-10-5-4-9-14(15)17(22(16,19)20)13-7-2-1-3-8-13/h1-5,7-10,16,18-20H,6,11-12H2/t16-/m0/s1. The van der Waals surface area contributed by atoms with Crippen molar-refractivity contribution in [1.82, 2.24) is 0 Å². The third-order valence-electron chi connectivity index (χ3n) is 3.55. The minimum atomic E-state index is -3.20. The van der Waals surface area contributed by atoms with E-state index in [1.807, 2.05) is 48.5 Å². The Labute approximate surface area is 131 Å². The third kappa shape index (κ3) is 2.66. The van der Waals surface area contributed by atoms with Crippen LogP contribution in [0.5, 0.6) is 5.75 Å². The van der Waals surface area contributed by atoms with Crippen molar-refractivity contribution < 1.29 is 18.9 Å². The molecule has 2 aromatic carbocycles. The Hall–Kier alpha value is -1.73. The Morgan fingerprint density at radius 1 is 1.00 bits per heavy atom. The summed E-state index contributed by atoms with van der Waals surface area (Å²) in [6.45, 7) is -0.0115. The zero-order valence-electron chi connectivity index (χ0n) is 12.0. The normalized spacial score (nSPS) is 20.9. The molecule has 0 saturated heterocycles. The van der Waals surface area contributed by atoms with Gasteiger partial charge in [0, 0.05) is 13.0 Å². The molecular formula is C16H19NO4S. The second kappa shape index (κ2) is 6.18. The Balaban J connectivity index is 2.07. The smallest absolute Gasteiger partial charge is 0.206 e. The average Bonchev–Trinajstić information content (AvgIpc) is 2.53. The van der Waals surface area contributed by atoms with Crippen molar-refractivity contribution in [2.45, 2.75) is 18.3 Å². The first-order chi connectivity index (χ1) is 10.6. The fourth-order valence-corrected chi connectivity index (χ4v) is 4.35. The Kier molecular flexibility index (Phi) is 4.26. The van der Waals surface area contributed by atoms with Gasteiger partial charge < -0.3 is 9.84 Å². The zero-order valence-corrected chi connectivity index (χ0v) is 12.8. The lowest BCUT2D eigenvalue weighted by Gasteiger charge is -2.51. The monoisotopic (exact) mass is 321 g/mol. The maximum Gasteiger partial charge on any atom is 0.206 e. The van der Waals surface area contributed by atoms with Crippen molar-refractivity contribution in [3.8, 4) is 5.75 Å². The molecule has 6 heteroatoms. The number of ether oxygens (including phenoxy) is 1. The Morgan fingerprint density at radius 2 is 1.68 bits per heavy atom. The van der Waals surface area contributed by atoms with Gasteiger partial charge in [0.05, 0.1) is 5.69 Å². The fourth-order valence-electron chi connectivity index (χ4n) is 2.53. The zero-order chi connectivity index (χ0) is 15.6. The molecule has 0 aromatic heterocycles. The maximum atomic E-state index is 10.8. The van der Waals surface area contributed by atoms with E-state index in [2.05, 4.69) is 0 Å². The number of benzene rings is 2. The van der Waals surface area contributed by atoms with Crippen LogP contribution >= 0.6 is 10.8 Å². The van der Waals surface area contributed by atoms with Crippen LogP contribution in [0.4, 0.5) is 11.4 Å². The highest BCUT2D eigenvalue weighted by Gasteiger charge is 2.40. The summed E-state index contributed by atoms with van der Waals surface area (Å²) in [5.41, 5.74) is 0.566. The predicted molar refractivity (Wildman–Crippen MR) is 88.6 cm³/mol. The van der Waals surface area contributed by atoms with Gasteiger partial charge in [0.1, 0.15) is 11.4 Å². The van der Waals surface area contributed by atoms with E-state index in [0.717, 1.165) is 0 Å². The van der Waals surface area contributed by atoms with Crippen molar-refractivity contribution in [1.29, 1.82) is 0 Å². The van der Waals surface area contributed by atoms with E-state index in [0.29, 0.717) is 30.0 Å². The second-order valence-corrected chi connectivity index (χ2v) is 7.09. The number of aliphatic hydroxyl groups excluding tert-OH is 1. The molecule has 3 N–H and O–H groups in total. The Morgan fingerprint density at radius 3 is 2.41 bits per heavy atom. The molecular weight excluding hydrogens is 302 g/mol. The molecule has 22 heavy (non-hydrogen) atoms. The summed E-state index contributed by atoms with van der Waals surface area (Å²) >= 11 is 0. The first-order valence-corrected chi connectivity index (χ1v) is 8.70. The number of nitrogens with zero attached hydrogens (tertiary/aromatic N) is 1. The molecule has 0 spiro atoms. The van der Waals surface area contributed by atoms with E-state index in [-0.39, 0.29) is 6.61 Å². The van der Waals surface area contributed by atoms with Gasteiger partial charge in [-0.3, -0.25) is 9.11 Å². The van der Waals surface area contributed by atoms with Crippen LogP contribution in [-0.4, -0.2) is 26.3 Å². The minimum absolute atomic E-state index is 0.0115. The average molecular weight is 321 g/mol. The summed E-state index contributed by atoms with van der Waals surface area (Å²) in [7, 11) is -3.20. The third-order valence-corrected chi connectivity index (χ3v) is 5.53. The number of fused-ring (bicyclic) bond motifs is 1. The molecule has 2 aromatic rings. The number of para-hydroxylation sites is 3. The van der Waals surface area contributed by atoms with Crippen LogP contribution in [0, 0.1) is 0 Å². The van der Waals surface area contributed by atoms with Crippen LogP contribution in [0.2, 0.25) is 0 Å². The lowest BCUT2D eigenvalue weighted by atomic mass is 10.2. The molecule has 1 atom stereocenters. The van der Waals surface area contributed by atoms with Crippen molar-refractivity contribution in [2.75, 3.05) is 10.9 Å². The summed E-state index contributed by atoms with van der Waals surface area (Å²) in [6.07, 6.45) is 0.821. The highest BCUT2D eigenvalue weighted by Crippen LogP contribution is 2.61. The first-order valence-electron chi connectivity index (χ1n) is 7.13. The number of hydrogen-bond donors (Lipinski definition) is 3. The molecule has 3 rings (SSSR count). The van der Waals surface area contributed by atoms with Crippen molar-refractivity contribution in [2.24, 2.45) is 0 Å². The van der Waals surface area contributed by atoms with Crippen LogP contribution in [0.3, 0.4) is 0 Å². The van der Waals surface area contributed by atoms with Crippen molar-refractivity contribution in [3.63, 3.8) is 0 Å². The lowest BCUT2D eigenvalue weighted by Crippen LogP contribution is -2.39. The van der Waals surface area contributed by atoms with Crippen LogP contribution in [0.15, 0.2) is 54.6 Å². The molecule has 0 saturated carbocycles. The summed E-state index contributed by atoms with van der Waals surface area (Å²) in [5, 5.41) is 9.02. The molecule has 1 aliphatic rings. The second-order valence-electron chi connectivity index (χ2n) is 5.07. The van der Waals surface area contributed by atoms with Gasteiger partial charge in [-0.2, -0.15) is 0 Å².